The Bertz CT molecular complexity index is 893. The van der Waals surface area contributed by atoms with E-state index in [4.69, 9.17) is 16.3 Å². The molecule has 0 aliphatic carbocycles. The molecule has 2 saturated heterocycles. The lowest BCUT2D eigenvalue weighted by atomic mass is 10.00. The highest BCUT2D eigenvalue weighted by atomic mass is 35.5. The molecule has 0 saturated carbocycles. The van der Waals surface area contributed by atoms with Crippen molar-refractivity contribution in [3.8, 4) is 5.75 Å². The molecule has 0 aromatic heterocycles. The molecule has 0 bridgehead atoms. The molecule has 2 heterocycles. The van der Waals surface area contributed by atoms with Crippen molar-refractivity contribution >= 4 is 35.2 Å². The third-order valence-electron chi connectivity index (χ3n) is 5.68. The zero-order valence-corrected chi connectivity index (χ0v) is 17.8. The molecule has 2 aliphatic heterocycles. The number of amides is 2. The molecule has 7 heteroatoms. The zero-order chi connectivity index (χ0) is 20.4. The van der Waals surface area contributed by atoms with Crippen LogP contribution < -0.4 is 4.74 Å². The lowest BCUT2D eigenvalue weighted by Crippen LogP contribution is -2.53. The Balaban J connectivity index is 1.45. The molecule has 2 aromatic carbocycles. The quantitative estimate of drug-likeness (QED) is 0.733. The van der Waals surface area contributed by atoms with Gasteiger partial charge in [0.05, 0.1) is 12.0 Å². The smallest absolute Gasteiger partial charge is 0.255 e. The predicted molar refractivity (Wildman–Crippen MR) is 116 cm³/mol. The normalized spacial score (nSPS) is 18.1. The third-order valence-corrected chi connectivity index (χ3v) is 7.49. The first-order valence-corrected chi connectivity index (χ1v) is 11.0. The van der Waals surface area contributed by atoms with Gasteiger partial charge in [-0.1, -0.05) is 11.6 Å². The number of nitrogens with zero attached hydrogens (tertiary/aromatic N) is 2. The fraction of sp³-hybridized carbons (Fsp3) is 0.364. The van der Waals surface area contributed by atoms with Crippen LogP contribution in [0.25, 0.3) is 0 Å². The van der Waals surface area contributed by atoms with Crippen LogP contribution in [-0.4, -0.2) is 59.0 Å². The summed E-state index contributed by atoms with van der Waals surface area (Å²) in [6, 6.07) is 14.3. The molecule has 2 aliphatic rings. The first kappa shape index (κ1) is 20.1. The van der Waals surface area contributed by atoms with Crippen molar-refractivity contribution in [3.05, 3.63) is 64.7 Å². The van der Waals surface area contributed by atoms with Crippen LogP contribution in [0.15, 0.2) is 48.5 Å². The summed E-state index contributed by atoms with van der Waals surface area (Å²) in [5.41, 5.74) is 1.32. The number of hydrogen-bond donors (Lipinski definition) is 0. The monoisotopic (exact) mass is 430 g/mol. The summed E-state index contributed by atoms with van der Waals surface area (Å²) in [4.78, 5) is 29.6. The fourth-order valence-corrected chi connectivity index (χ4v) is 5.61. The summed E-state index contributed by atoms with van der Waals surface area (Å²) in [6.07, 6.45) is 1.55. The Morgan fingerprint density at radius 2 is 1.52 bits per heavy atom. The van der Waals surface area contributed by atoms with Gasteiger partial charge in [-0.25, -0.2) is 0 Å². The van der Waals surface area contributed by atoms with Gasteiger partial charge in [0.2, 0.25) is 0 Å². The highest BCUT2D eigenvalue weighted by Crippen LogP contribution is 2.44. The number of hydrogen-bond acceptors (Lipinski definition) is 4. The first-order chi connectivity index (χ1) is 14.0. The minimum atomic E-state index is -0.228. The van der Waals surface area contributed by atoms with E-state index in [1.807, 2.05) is 45.8 Å². The van der Waals surface area contributed by atoms with Gasteiger partial charge in [0, 0.05) is 41.5 Å². The average Bonchev–Trinajstić information content (AvgIpc) is 3.16. The van der Waals surface area contributed by atoms with Crippen LogP contribution in [-0.2, 0) is 0 Å². The predicted octanol–water partition coefficient (Wildman–Crippen LogP) is 4.17. The van der Waals surface area contributed by atoms with Crippen LogP contribution in [0, 0.1) is 0 Å². The van der Waals surface area contributed by atoms with Gasteiger partial charge in [-0.15, -0.1) is 11.8 Å². The number of halogens is 1. The Labute approximate surface area is 180 Å². The number of carbonyl (C=O) groups is 2. The standard InChI is InChI=1S/C22H23ClN2O3S/c1-28-19-8-4-17(5-9-19)21(27)25-14-15-29-22(25)10-12-24(13-11-22)20(26)16-2-6-18(23)7-3-16/h2-9H,10-15H2,1H3. The third kappa shape index (κ3) is 3.96. The van der Waals surface area contributed by atoms with Gasteiger partial charge in [-0.3, -0.25) is 9.59 Å². The van der Waals surface area contributed by atoms with Gasteiger partial charge < -0.3 is 14.5 Å². The van der Waals surface area contributed by atoms with Crippen molar-refractivity contribution < 1.29 is 14.3 Å². The number of piperidine rings is 1. The molecule has 0 radical (unpaired) electrons. The van der Waals surface area contributed by atoms with Gasteiger partial charge in [0.1, 0.15) is 5.75 Å². The summed E-state index contributed by atoms with van der Waals surface area (Å²) in [7, 11) is 1.61. The number of benzene rings is 2. The summed E-state index contributed by atoms with van der Waals surface area (Å²) in [5, 5.41) is 0.620. The van der Waals surface area contributed by atoms with Crippen LogP contribution in [0.3, 0.4) is 0 Å². The summed E-state index contributed by atoms with van der Waals surface area (Å²) in [6.45, 7) is 2.02. The SMILES string of the molecule is COc1ccc(C(=O)N2CCSC23CCN(C(=O)c2ccc(Cl)cc2)CC3)cc1. The number of thioether (sulfide) groups is 1. The molecule has 5 nitrogen and oxygen atoms in total. The van der Waals surface area contributed by atoms with Crippen LogP contribution in [0.5, 0.6) is 5.75 Å². The van der Waals surface area contributed by atoms with Gasteiger partial charge >= 0.3 is 0 Å². The average molecular weight is 431 g/mol. The molecule has 0 N–H and O–H groups in total. The molecule has 2 aromatic rings. The maximum atomic E-state index is 13.2. The van der Waals surface area contributed by atoms with Crippen molar-refractivity contribution in [3.63, 3.8) is 0 Å². The second-order valence-electron chi connectivity index (χ2n) is 7.28. The van der Waals surface area contributed by atoms with E-state index in [9.17, 15) is 9.59 Å². The van der Waals surface area contributed by atoms with E-state index in [1.165, 1.54) is 0 Å². The molecule has 152 valence electrons. The number of ether oxygens (including phenoxy) is 1. The van der Waals surface area contributed by atoms with E-state index >= 15 is 0 Å². The van der Waals surface area contributed by atoms with Crippen molar-refractivity contribution in [2.24, 2.45) is 0 Å². The summed E-state index contributed by atoms with van der Waals surface area (Å²) in [5.74, 6) is 1.73. The van der Waals surface area contributed by atoms with Gasteiger partial charge in [0.25, 0.3) is 11.8 Å². The van der Waals surface area contributed by atoms with Crippen molar-refractivity contribution in [2.75, 3.05) is 32.5 Å². The molecular weight excluding hydrogens is 408 g/mol. The highest BCUT2D eigenvalue weighted by molar-refractivity contribution is 8.00. The number of rotatable bonds is 3. The van der Waals surface area contributed by atoms with E-state index in [0.717, 1.165) is 30.9 Å². The number of carbonyl (C=O) groups excluding carboxylic acids is 2. The second kappa shape index (κ2) is 8.28. The molecule has 0 unspecified atom stereocenters. The minimum absolute atomic E-state index is 0.0209. The highest BCUT2D eigenvalue weighted by Gasteiger charge is 2.47. The van der Waals surface area contributed by atoms with Crippen molar-refractivity contribution in [1.29, 1.82) is 0 Å². The van der Waals surface area contributed by atoms with Gasteiger partial charge in [0.15, 0.2) is 0 Å². The first-order valence-electron chi connectivity index (χ1n) is 9.67. The summed E-state index contributed by atoms with van der Waals surface area (Å²) >= 11 is 7.77. The Hall–Kier alpha value is -2.18. The molecule has 1 spiro atoms. The van der Waals surface area contributed by atoms with E-state index in [2.05, 4.69) is 0 Å². The Morgan fingerprint density at radius 3 is 2.14 bits per heavy atom. The maximum absolute atomic E-state index is 13.2. The number of likely N-dealkylation sites (tertiary alicyclic amines) is 1. The lowest BCUT2D eigenvalue weighted by Gasteiger charge is -2.44. The lowest BCUT2D eigenvalue weighted by molar-refractivity contribution is 0.0498. The molecule has 4 rings (SSSR count). The molecule has 2 fully saturated rings. The van der Waals surface area contributed by atoms with Crippen molar-refractivity contribution in [2.45, 2.75) is 17.7 Å². The van der Waals surface area contributed by atoms with Crippen LogP contribution in [0.2, 0.25) is 5.02 Å². The fourth-order valence-electron chi connectivity index (χ4n) is 4.03. The molecule has 2 amide bonds. The minimum Gasteiger partial charge on any atom is -0.497 e. The Morgan fingerprint density at radius 1 is 0.931 bits per heavy atom. The van der Waals surface area contributed by atoms with E-state index in [-0.39, 0.29) is 16.7 Å². The van der Waals surface area contributed by atoms with E-state index in [0.29, 0.717) is 29.2 Å². The zero-order valence-electron chi connectivity index (χ0n) is 16.3. The van der Waals surface area contributed by atoms with Crippen LogP contribution in [0.1, 0.15) is 33.6 Å². The molecule has 29 heavy (non-hydrogen) atoms. The topological polar surface area (TPSA) is 49.9 Å². The summed E-state index contributed by atoms with van der Waals surface area (Å²) < 4.78 is 5.19. The van der Waals surface area contributed by atoms with Crippen LogP contribution >= 0.6 is 23.4 Å². The second-order valence-corrected chi connectivity index (χ2v) is 9.17. The largest absolute Gasteiger partial charge is 0.497 e. The van der Waals surface area contributed by atoms with E-state index in [1.54, 1.807) is 31.4 Å². The molecular formula is C22H23ClN2O3S. The van der Waals surface area contributed by atoms with E-state index < -0.39 is 0 Å². The van der Waals surface area contributed by atoms with Gasteiger partial charge in [-0.05, 0) is 61.4 Å². The Kier molecular flexibility index (Phi) is 5.74. The maximum Gasteiger partial charge on any atom is 0.255 e. The number of methoxy groups -OCH3 is 1. The van der Waals surface area contributed by atoms with Crippen LogP contribution in [0.4, 0.5) is 0 Å². The van der Waals surface area contributed by atoms with Gasteiger partial charge in [-0.2, -0.15) is 0 Å². The van der Waals surface area contributed by atoms with Crippen molar-refractivity contribution in [1.82, 2.24) is 9.80 Å². The molecule has 0 atom stereocenters.